The Bertz CT molecular complexity index is 878. The molecule has 110 valence electrons. The summed E-state index contributed by atoms with van der Waals surface area (Å²) in [4.78, 5) is 16.8. The molecule has 0 unspecified atom stereocenters. The van der Waals surface area contributed by atoms with Gasteiger partial charge in [-0.2, -0.15) is 5.10 Å². The van der Waals surface area contributed by atoms with Crippen LogP contribution in [0, 0.1) is 5.41 Å². The van der Waals surface area contributed by atoms with Gasteiger partial charge in [0.1, 0.15) is 0 Å². The van der Waals surface area contributed by atoms with Gasteiger partial charge >= 0.3 is 0 Å². The molecule has 1 aliphatic rings. The van der Waals surface area contributed by atoms with Crippen molar-refractivity contribution in [1.29, 1.82) is 0 Å². The first-order valence-electron chi connectivity index (χ1n) is 7.50. The molecule has 3 aromatic rings. The summed E-state index contributed by atoms with van der Waals surface area (Å²) in [7, 11) is 0. The van der Waals surface area contributed by atoms with Crippen LogP contribution in [-0.2, 0) is 6.42 Å². The van der Waals surface area contributed by atoms with Gasteiger partial charge in [-0.3, -0.25) is 4.79 Å². The second kappa shape index (κ2) is 4.50. The third kappa shape index (κ3) is 2.03. The van der Waals surface area contributed by atoms with E-state index in [2.05, 4.69) is 18.8 Å². The van der Waals surface area contributed by atoms with Gasteiger partial charge in [-0.1, -0.05) is 44.2 Å². The lowest BCUT2D eigenvalue weighted by atomic mass is 9.76. The second-order valence-electron chi connectivity index (χ2n) is 6.73. The summed E-state index contributed by atoms with van der Waals surface area (Å²) in [5, 5.41) is 4.70. The van der Waals surface area contributed by atoms with Crippen molar-refractivity contribution in [2.24, 2.45) is 5.41 Å². The molecule has 2 aromatic heterocycles. The van der Waals surface area contributed by atoms with E-state index in [4.69, 9.17) is 5.10 Å². The van der Waals surface area contributed by atoms with E-state index in [0.717, 1.165) is 34.6 Å². The molecule has 22 heavy (non-hydrogen) atoms. The van der Waals surface area contributed by atoms with Gasteiger partial charge in [0.25, 0.3) is 0 Å². The molecule has 0 spiro atoms. The van der Waals surface area contributed by atoms with Crippen molar-refractivity contribution < 1.29 is 4.79 Å². The summed E-state index contributed by atoms with van der Waals surface area (Å²) in [6.07, 6.45) is 3.11. The molecule has 1 aromatic carbocycles. The summed E-state index contributed by atoms with van der Waals surface area (Å²) in [5.41, 5.74) is 4.41. The van der Waals surface area contributed by atoms with E-state index in [1.165, 1.54) is 0 Å². The molecule has 0 amide bonds. The van der Waals surface area contributed by atoms with Crippen LogP contribution >= 0.6 is 0 Å². The van der Waals surface area contributed by atoms with Crippen LogP contribution < -0.4 is 0 Å². The van der Waals surface area contributed by atoms with Gasteiger partial charge in [-0.05, 0) is 11.8 Å². The zero-order chi connectivity index (χ0) is 15.3. The van der Waals surface area contributed by atoms with Gasteiger partial charge in [0, 0.05) is 24.2 Å². The number of aromatic nitrogens is 3. The fourth-order valence-electron chi connectivity index (χ4n) is 3.18. The summed E-state index contributed by atoms with van der Waals surface area (Å²) >= 11 is 0. The van der Waals surface area contributed by atoms with Crippen LogP contribution in [0.2, 0.25) is 0 Å². The Kier molecular flexibility index (Phi) is 2.70. The molecular weight excluding hydrogens is 274 g/mol. The Morgan fingerprint density at radius 2 is 1.91 bits per heavy atom. The maximum absolute atomic E-state index is 12.3. The topological polar surface area (TPSA) is 47.3 Å². The smallest absolute Gasteiger partial charge is 0.166 e. The van der Waals surface area contributed by atoms with Gasteiger partial charge in [0.05, 0.1) is 17.0 Å². The first kappa shape index (κ1) is 13.2. The van der Waals surface area contributed by atoms with Crippen molar-refractivity contribution >= 4 is 11.4 Å². The van der Waals surface area contributed by atoms with Crippen LogP contribution in [0.1, 0.15) is 36.3 Å². The number of carbonyl (C=O) groups excluding carboxylic acids is 1. The van der Waals surface area contributed by atoms with Gasteiger partial charge in [-0.15, -0.1) is 0 Å². The van der Waals surface area contributed by atoms with Crippen LogP contribution in [0.4, 0.5) is 0 Å². The molecule has 0 bridgehead atoms. The lowest BCUT2D eigenvalue weighted by Crippen LogP contribution is -2.29. The van der Waals surface area contributed by atoms with E-state index < -0.39 is 0 Å². The molecule has 0 atom stereocenters. The van der Waals surface area contributed by atoms with E-state index >= 15 is 0 Å². The Hall–Kier alpha value is -2.49. The highest BCUT2D eigenvalue weighted by Gasteiger charge is 2.33. The van der Waals surface area contributed by atoms with E-state index in [9.17, 15) is 4.79 Å². The van der Waals surface area contributed by atoms with Crippen LogP contribution in [-0.4, -0.2) is 20.4 Å². The number of nitrogens with zero attached hydrogens (tertiary/aromatic N) is 3. The highest BCUT2D eigenvalue weighted by atomic mass is 16.1. The normalized spacial score (nSPS) is 16.7. The molecule has 4 heteroatoms. The number of hydrogen-bond acceptors (Lipinski definition) is 3. The van der Waals surface area contributed by atoms with Gasteiger partial charge < -0.3 is 0 Å². The Balaban J connectivity index is 1.93. The quantitative estimate of drug-likeness (QED) is 0.689. The number of carbonyl (C=O) groups is 1. The summed E-state index contributed by atoms with van der Waals surface area (Å²) < 4.78 is 1.84. The maximum atomic E-state index is 12.3. The molecule has 2 heterocycles. The maximum Gasteiger partial charge on any atom is 0.166 e. The third-order valence-corrected chi connectivity index (χ3v) is 4.24. The SMILES string of the molecule is CC1(C)CC(=O)c2cnc3cc(-c4ccccc4)nn3c2C1. The fraction of sp³-hybridized carbons (Fsp3) is 0.278. The predicted molar refractivity (Wildman–Crippen MR) is 84.9 cm³/mol. The Morgan fingerprint density at radius 3 is 2.68 bits per heavy atom. The minimum atomic E-state index is -0.0305. The minimum Gasteiger partial charge on any atom is -0.294 e. The zero-order valence-electron chi connectivity index (χ0n) is 12.7. The number of ketones is 1. The summed E-state index contributed by atoms with van der Waals surface area (Å²) in [6, 6.07) is 12.0. The second-order valence-corrected chi connectivity index (χ2v) is 6.73. The van der Waals surface area contributed by atoms with E-state index in [1.54, 1.807) is 6.20 Å². The Labute approximate surface area is 128 Å². The third-order valence-electron chi connectivity index (χ3n) is 4.24. The average Bonchev–Trinajstić information content (AvgIpc) is 2.91. The first-order chi connectivity index (χ1) is 10.5. The fourth-order valence-corrected chi connectivity index (χ4v) is 3.18. The molecule has 0 saturated heterocycles. The van der Waals surface area contributed by atoms with E-state index in [1.807, 2.05) is 40.9 Å². The van der Waals surface area contributed by atoms with Crippen molar-refractivity contribution in [2.75, 3.05) is 0 Å². The molecule has 0 fully saturated rings. The monoisotopic (exact) mass is 291 g/mol. The van der Waals surface area contributed by atoms with Gasteiger partial charge in [-0.25, -0.2) is 9.50 Å². The average molecular weight is 291 g/mol. The molecular formula is C18H17N3O. The molecule has 0 saturated carbocycles. The molecule has 0 radical (unpaired) electrons. The molecule has 0 N–H and O–H groups in total. The lowest BCUT2D eigenvalue weighted by Gasteiger charge is -2.29. The van der Waals surface area contributed by atoms with Gasteiger partial charge in [0.15, 0.2) is 11.4 Å². The number of rotatable bonds is 1. The van der Waals surface area contributed by atoms with Crippen molar-refractivity contribution in [3.63, 3.8) is 0 Å². The van der Waals surface area contributed by atoms with Crippen LogP contribution in [0.3, 0.4) is 0 Å². The largest absolute Gasteiger partial charge is 0.294 e. The number of Topliss-reactive ketones (excluding diaryl/α,β-unsaturated/α-hetero) is 1. The number of fused-ring (bicyclic) bond motifs is 3. The molecule has 1 aliphatic carbocycles. The van der Waals surface area contributed by atoms with Crippen LogP contribution in [0.25, 0.3) is 16.9 Å². The number of benzene rings is 1. The van der Waals surface area contributed by atoms with Crippen LogP contribution in [0.5, 0.6) is 0 Å². The lowest BCUT2D eigenvalue weighted by molar-refractivity contribution is 0.0908. The standard InChI is InChI=1S/C18H17N3O/c1-18(2)9-15-13(16(22)10-18)11-19-17-8-14(20-21(15)17)12-6-4-3-5-7-12/h3-8,11H,9-10H2,1-2H3. The molecule has 0 aliphatic heterocycles. The van der Waals surface area contributed by atoms with E-state index in [-0.39, 0.29) is 11.2 Å². The van der Waals surface area contributed by atoms with Crippen molar-refractivity contribution in [3.05, 3.63) is 53.9 Å². The summed E-state index contributed by atoms with van der Waals surface area (Å²) in [6.45, 7) is 4.25. The van der Waals surface area contributed by atoms with E-state index in [0.29, 0.717) is 6.42 Å². The highest BCUT2D eigenvalue weighted by Crippen LogP contribution is 2.34. The van der Waals surface area contributed by atoms with Crippen molar-refractivity contribution in [3.8, 4) is 11.3 Å². The number of hydrogen-bond donors (Lipinski definition) is 0. The van der Waals surface area contributed by atoms with Crippen molar-refractivity contribution in [1.82, 2.24) is 14.6 Å². The van der Waals surface area contributed by atoms with Gasteiger partial charge in [0.2, 0.25) is 0 Å². The first-order valence-corrected chi connectivity index (χ1v) is 7.50. The summed E-state index contributed by atoms with van der Waals surface area (Å²) in [5.74, 6) is 0.164. The molecule has 4 rings (SSSR count). The minimum absolute atomic E-state index is 0.0305. The molecule has 4 nitrogen and oxygen atoms in total. The highest BCUT2D eigenvalue weighted by molar-refractivity contribution is 5.98. The predicted octanol–water partition coefficient (Wildman–Crippen LogP) is 3.55. The van der Waals surface area contributed by atoms with Crippen molar-refractivity contribution in [2.45, 2.75) is 26.7 Å². The van der Waals surface area contributed by atoms with Crippen LogP contribution in [0.15, 0.2) is 42.6 Å². The zero-order valence-corrected chi connectivity index (χ0v) is 12.7. The Morgan fingerprint density at radius 1 is 1.14 bits per heavy atom.